The summed E-state index contributed by atoms with van der Waals surface area (Å²) in [4.78, 5) is 14.3. The maximum absolute atomic E-state index is 12.4. The summed E-state index contributed by atoms with van der Waals surface area (Å²) in [5.41, 5.74) is 3.49. The van der Waals surface area contributed by atoms with Crippen LogP contribution >= 0.6 is 0 Å². The summed E-state index contributed by atoms with van der Waals surface area (Å²) in [6.07, 6.45) is 1.00. The summed E-state index contributed by atoms with van der Waals surface area (Å²) < 4.78 is 0. The quantitative estimate of drug-likeness (QED) is 0.885. The highest BCUT2D eigenvalue weighted by Crippen LogP contribution is 2.36. The van der Waals surface area contributed by atoms with Crippen molar-refractivity contribution in [3.05, 3.63) is 29.3 Å². The van der Waals surface area contributed by atoms with Crippen LogP contribution in [0, 0.1) is 5.92 Å². The van der Waals surface area contributed by atoms with Crippen LogP contribution in [0.3, 0.4) is 0 Å². The number of amides is 1. The Hall–Kier alpha value is -1.35. The molecule has 1 unspecified atom stereocenters. The number of hydrogen-bond acceptors (Lipinski definition) is 2. The van der Waals surface area contributed by atoms with E-state index in [1.54, 1.807) is 0 Å². The van der Waals surface area contributed by atoms with E-state index in [-0.39, 0.29) is 11.9 Å². The van der Waals surface area contributed by atoms with Crippen molar-refractivity contribution < 1.29 is 4.79 Å². The number of carbonyl (C=O) groups is 1. The molecule has 1 aliphatic rings. The molecular formula is C15H22N2O. The molecule has 98 valence electrons. The van der Waals surface area contributed by atoms with Crippen molar-refractivity contribution in [1.82, 2.24) is 5.32 Å². The van der Waals surface area contributed by atoms with Gasteiger partial charge in [-0.15, -0.1) is 0 Å². The molecule has 0 bridgehead atoms. The van der Waals surface area contributed by atoms with Gasteiger partial charge in [0.05, 0.1) is 0 Å². The number of fused-ring (bicyclic) bond motifs is 1. The second-order valence-electron chi connectivity index (χ2n) is 5.31. The van der Waals surface area contributed by atoms with E-state index in [4.69, 9.17) is 0 Å². The molecule has 3 nitrogen and oxygen atoms in total. The molecule has 0 aliphatic carbocycles. The SMILES string of the molecule is CCc1ccc2c(c1)C(NC)C(=O)N2CC(C)C. The van der Waals surface area contributed by atoms with Gasteiger partial charge in [0.1, 0.15) is 6.04 Å². The molecule has 0 saturated carbocycles. The van der Waals surface area contributed by atoms with E-state index < -0.39 is 0 Å². The molecule has 1 N–H and O–H groups in total. The molecule has 1 aliphatic heterocycles. The van der Waals surface area contributed by atoms with E-state index >= 15 is 0 Å². The van der Waals surface area contributed by atoms with E-state index in [9.17, 15) is 4.79 Å². The lowest BCUT2D eigenvalue weighted by atomic mass is 10.0. The molecule has 2 rings (SSSR count). The first kappa shape index (κ1) is 13.1. The molecule has 0 aromatic heterocycles. The fraction of sp³-hybridized carbons (Fsp3) is 0.533. The molecule has 1 atom stereocenters. The fourth-order valence-corrected chi connectivity index (χ4v) is 2.54. The molecular weight excluding hydrogens is 224 g/mol. The minimum atomic E-state index is -0.176. The zero-order valence-electron chi connectivity index (χ0n) is 11.7. The summed E-state index contributed by atoms with van der Waals surface area (Å²) in [5, 5.41) is 3.13. The van der Waals surface area contributed by atoms with E-state index in [1.165, 1.54) is 5.56 Å². The topological polar surface area (TPSA) is 32.3 Å². The first-order valence-corrected chi connectivity index (χ1v) is 6.70. The molecule has 0 spiro atoms. The van der Waals surface area contributed by atoms with Crippen LogP contribution in [0.25, 0.3) is 0 Å². The average Bonchev–Trinajstić information content (AvgIpc) is 2.61. The zero-order chi connectivity index (χ0) is 13.3. The van der Waals surface area contributed by atoms with Crippen molar-refractivity contribution in [2.75, 3.05) is 18.5 Å². The van der Waals surface area contributed by atoms with Crippen molar-refractivity contribution in [2.45, 2.75) is 33.2 Å². The first-order valence-electron chi connectivity index (χ1n) is 6.70. The Kier molecular flexibility index (Phi) is 3.71. The second-order valence-corrected chi connectivity index (χ2v) is 5.31. The third-order valence-corrected chi connectivity index (χ3v) is 3.45. The lowest BCUT2D eigenvalue weighted by Gasteiger charge is -2.20. The van der Waals surface area contributed by atoms with E-state index in [1.807, 2.05) is 11.9 Å². The van der Waals surface area contributed by atoms with Gasteiger partial charge in [0.15, 0.2) is 0 Å². The maximum atomic E-state index is 12.4. The minimum absolute atomic E-state index is 0.175. The van der Waals surface area contributed by atoms with Crippen LogP contribution in [0.5, 0.6) is 0 Å². The van der Waals surface area contributed by atoms with Crippen LogP contribution in [0.1, 0.15) is 37.9 Å². The van der Waals surface area contributed by atoms with Crippen molar-refractivity contribution in [3.8, 4) is 0 Å². The van der Waals surface area contributed by atoms with Gasteiger partial charge in [0.25, 0.3) is 0 Å². The highest BCUT2D eigenvalue weighted by molar-refractivity contribution is 6.04. The van der Waals surface area contributed by atoms with Gasteiger partial charge in [-0.1, -0.05) is 32.9 Å². The van der Waals surface area contributed by atoms with Crippen LogP contribution in [0.4, 0.5) is 5.69 Å². The van der Waals surface area contributed by atoms with Gasteiger partial charge >= 0.3 is 0 Å². The number of likely N-dealkylation sites (N-methyl/N-ethyl adjacent to an activating group) is 1. The Morgan fingerprint density at radius 2 is 2.11 bits per heavy atom. The Labute approximate surface area is 109 Å². The minimum Gasteiger partial charge on any atom is -0.310 e. The largest absolute Gasteiger partial charge is 0.310 e. The van der Waals surface area contributed by atoms with Gasteiger partial charge in [0.2, 0.25) is 5.91 Å². The predicted molar refractivity (Wildman–Crippen MR) is 74.8 cm³/mol. The number of hydrogen-bond donors (Lipinski definition) is 1. The summed E-state index contributed by atoms with van der Waals surface area (Å²) in [5.74, 6) is 0.651. The highest BCUT2D eigenvalue weighted by atomic mass is 16.2. The van der Waals surface area contributed by atoms with E-state index in [2.05, 4.69) is 44.3 Å². The van der Waals surface area contributed by atoms with Gasteiger partial charge in [-0.2, -0.15) is 0 Å². The number of benzene rings is 1. The fourth-order valence-electron chi connectivity index (χ4n) is 2.54. The van der Waals surface area contributed by atoms with Gasteiger partial charge in [-0.3, -0.25) is 4.79 Å². The summed E-state index contributed by atoms with van der Waals surface area (Å²) in [7, 11) is 1.85. The second kappa shape index (κ2) is 5.11. The lowest BCUT2D eigenvalue weighted by Crippen LogP contribution is -2.35. The van der Waals surface area contributed by atoms with Crippen molar-refractivity contribution in [1.29, 1.82) is 0 Å². The average molecular weight is 246 g/mol. The monoisotopic (exact) mass is 246 g/mol. The van der Waals surface area contributed by atoms with Gasteiger partial charge in [-0.05, 0) is 31.0 Å². The van der Waals surface area contributed by atoms with E-state index in [0.29, 0.717) is 5.92 Å². The molecule has 1 aromatic carbocycles. The number of nitrogens with one attached hydrogen (secondary N) is 1. The standard InChI is InChI=1S/C15H22N2O/c1-5-11-6-7-13-12(8-11)14(16-4)15(18)17(13)9-10(2)3/h6-8,10,14,16H,5,9H2,1-4H3. The van der Waals surface area contributed by atoms with Crippen LogP contribution in [0.15, 0.2) is 18.2 Å². The van der Waals surface area contributed by atoms with Crippen molar-refractivity contribution >= 4 is 11.6 Å². The maximum Gasteiger partial charge on any atom is 0.248 e. The Morgan fingerprint density at radius 3 is 2.67 bits per heavy atom. The molecule has 1 heterocycles. The normalized spacial score (nSPS) is 18.6. The Bertz CT molecular complexity index is 454. The molecule has 0 radical (unpaired) electrons. The van der Waals surface area contributed by atoms with Gasteiger partial charge < -0.3 is 10.2 Å². The van der Waals surface area contributed by atoms with Crippen molar-refractivity contribution in [2.24, 2.45) is 5.92 Å². The Morgan fingerprint density at radius 1 is 1.39 bits per heavy atom. The van der Waals surface area contributed by atoms with Crippen LogP contribution in [-0.4, -0.2) is 19.5 Å². The predicted octanol–water partition coefficient (Wildman–Crippen LogP) is 2.51. The van der Waals surface area contributed by atoms with Crippen molar-refractivity contribution in [3.63, 3.8) is 0 Å². The van der Waals surface area contributed by atoms with Crippen LogP contribution in [0.2, 0.25) is 0 Å². The van der Waals surface area contributed by atoms with Crippen LogP contribution < -0.4 is 10.2 Å². The number of carbonyl (C=O) groups excluding carboxylic acids is 1. The first-order chi connectivity index (χ1) is 8.58. The molecule has 1 amide bonds. The molecule has 3 heteroatoms. The number of rotatable bonds is 4. The summed E-state index contributed by atoms with van der Waals surface area (Å²) in [6.45, 7) is 7.20. The smallest absolute Gasteiger partial charge is 0.248 e. The molecule has 1 aromatic rings. The molecule has 0 saturated heterocycles. The highest BCUT2D eigenvalue weighted by Gasteiger charge is 2.36. The third kappa shape index (κ3) is 2.15. The zero-order valence-corrected chi connectivity index (χ0v) is 11.7. The van der Waals surface area contributed by atoms with Crippen LogP contribution in [-0.2, 0) is 11.2 Å². The number of aryl methyl sites for hydroxylation is 1. The Balaban J connectivity index is 2.42. The molecule has 18 heavy (non-hydrogen) atoms. The third-order valence-electron chi connectivity index (χ3n) is 3.45. The molecule has 0 fully saturated rings. The summed E-state index contributed by atoms with van der Waals surface area (Å²) in [6, 6.07) is 6.20. The lowest BCUT2D eigenvalue weighted by molar-refractivity contribution is -0.119. The van der Waals surface area contributed by atoms with Gasteiger partial charge in [-0.25, -0.2) is 0 Å². The van der Waals surface area contributed by atoms with Gasteiger partial charge in [0, 0.05) is 17.8 Å². The van der Waals surface area contributed by atoms with E-state index in [0.717, 1.165) is 24.2 Å². The number of anilines is 1. The summed E-state index contributed by atoms with van der Waals surface area (Å²) >= 11 is 0. The number of nitrogens with zero attached hydrogens (tertiary/aromatic N) is 1.